The molecule has 0 bridgehead atoms. The van der Waals surface area contributed by atoms with E-state index in [1.807, 2.05) is 68.4 Å². The van der Waals surface area contributed by atoms with Crippen molar-refractivity contribution in [1.82, 2.24) is 10.2 Å². The minimum absolute atomic E-state index is 0.0165. The molecular weight excluding hydrogens is 629 g/mol. The molecule has 0 saturated heterocycles. The molecule has 45 heavy (non-hydrogen) atoms. The van der Waals surface area contributed by atoms with Crippen LogP contribution in [0.3, 0.4) is 0 Å². The van der Waals surface area contributed by atoms with E-state index < -0.39 is 28.5 Å². The fourth-order valence-corrected chi connectivity index (χ4v) is 6.86. The molecule has 4 aromatic carbocycles. The predicted octanol–water partition coefficient (Wildman–Crippen LogP) is 7.05. The van der Waals surface area contributed by atoms with Crippen LogP contribution in [-0.2, 0) is 32.6 Å². The van der Waals surface area contributed by atoms with E-state index in [-0.39, 0.29) is 39.5 Å². The van der Waals surface area contributed by atoms with E-state index in [1.54, 1.807) is 24.3 Å². The van der Waals surface area contributed by atoms with Gasteiger partial charge in [0.2, 0.25) is 11.8 Å². The van der Waals surface area contributed by atoms with E-state index in [2.05, 4.69) is 5.32 Å². The van der Waals surface area contributed by atoms with E-state index in [1.165, 1.54) is 29.2 Å². The number of nitrogens with one attached hydrogen (secondary N) is 1. The lowest BCUT2D eigenvalue weighted by molar-refractivity contribution is -0.140. The molecule has 0 aliphatic heterocycles. The lowest BCUT2D eigenvalue weighted by atomic mass is 10.0. The molecule has 0 unspecified atom stereocenters. The molecule has 7 nitrogen and oxygen atoms in total. The van der Waals surface area contributed by atoms with Crippen molar-refractivity contribution in [3.05, 3.63) is 130 Å². The number of amides is 2. The highest BCUT2D eigenvalue weighted by atomic mass is 35.5. The van der Waals surface area contributed by atoms with Crippen LogP contribution in [0, 0.1) is 6.92 Å². The van der Waals surface area contributed by atoms with Gasteiger partial charge in [-0.05, 0) is 54.8 Å². The van der Waals surface area contributed by atoms with Crippen molar-refractivity contribution >= 4 is 50.7 Å². The number of halogens is 2. The number of rotatable bonds is 14. The van der Waals surface area contributed by atoms with E-state index in [4.69, 9.17) is 23.2 Å². The van der Waals surface area contributed by atoms with Crippen LogP contribution < -0.4 is 9.62 Å². The third kappa shape index (κ3) is 9.10. The van der Waals surface area contributed by atoms with Gasteiger partial charge in [0.05, 0.1) is 15.6 Å². The summed E-state index contributed by atoms with van der Waals surface area (Å²) in [5, 5.41) is 3.35. The number of anilines is 1. The van der Waals surface area contributed by atoms with Crippen molar-refractivity contribution in [2.45, 2.75) is 50.6 Å². The first-order chi connectivity index (χ1) is 21.6. The van der Waals surface area contributed by atoms with Gasteiger partial charge in [0.1, 0.15) is 12.6 Å². The highest BCUT2D eigenvalue weighted by Gasteiger charge is 2.35. The highest BCUT2D eigenvalue weighted by Crippen LogP contribution is 2.33. The van der Waals surface area contributed by atoms with Gasteiger partial charge in [-0.2, -0.15) is 0 Å². The first-order valence-electron chi connectivity index (χ1n) is 14.8. The third-order valence-electron chi connectivity index (χ3n) is 7.32. The molecule has 0 aliphatic rings. The number of unbranched alkanes of at least 4 members (excludes halogenated alkanes) is 1. The van der Waals surface area contributed by atoms with Gasteiger partial charge >= 0.3 is 0 Å². The molecule has 0 saturated carbocycles. The Bertz CT molecular complexity index is 1700. The van der Waals surface area contributed by atoms with Crippen LogP contribution in [0.4, 0.5) is 5.69 Å². The van der Waals surface area contributed by atoms with E-state index >= 15 is 0 Å². The second-order valence-electron chi connectivity index (χ2n) is 10.8. The van der Waals surface area contributed by atoms with Crippen LogP contribution in [0.15, 0.2) is 108 Å². The first-order valence-corrected chi connectivity index (χ1v) is 17.0. The van der Waals surface area contributed by atoms with Crippen LogP contribution in [0.25, 0.3) is 0 Å². The summed E-state index contributed by atoms with van der Waals surface area (Å²) in [5.74, 6) is -0.884. The Hall–Kier alpha value is -3.85. The normalized spacial score (nSPS) is 11.9. The third-order valence-corrected chi connectivity index (χ3v) is 9.65. The molecule has 10 heteroatoms. The Labute approximate surface area is 275 Å². The number of carbonyl (C=O) groups excluding carboxylic acids is 2. The van der Waals surface area contributed by atoms with Crippen molar-refractivity contribution in [3.63, 3.8) is 0 Å². The van der Waals surface area contributed by atoms with Gasteiger partial charge in [0.15, 0.2) is 0 Å². The van der Waals surface area contributed by atoms with Crippen molar-refractivity contribution in [1.29, 1.82) is 0 Å². The molecule has 0 fully saturated rings. The Morgan fingerprint density at radius 1 is 0.844 bits per heavy atom. The zero-order chi connectivity index (χ0) is 32.4. The highest BCUT2D eigenvalue weighted by molar-refractivity contribution is 7.92. The largest absolute Gasteiger partial charge is 0.354 e. The van der Waals surface area contributed by atoms with Gasteiger partial charge in [-0.25, -0.2) is 8.42 Å². The summed E-state index contributed by atoms with van der Waals surface area (Å²) < 4.78 is 29.2. The Balaban J connectivity index is 1.81. The van der Waals surface area contributed by atoms with Crippen LogP contribution in [0.1, 0.15) is 36.5 Å². The lowest BCUT2D eigenvalue weighted by Crippen LogP contribution is -2.53. The fourth-order valence-electron chi connectivity index (χ4n) is 4.98. The Morgan fingerprint density at radius 2 is 1.51 bits per heavy atom. The van der Waals surface area contributed by atoms with Crippen molar-refractivity contribution in [2.24, 2.45) is 0 Å². The van der Waals surface area contributed by atoms with Crippen molar-refractivity contribution in [2.75, 3.05) is 17.4 Å². The molecule has 0 aliphatic carbocycles. The summed E-state index contributed by atoms with van der Waals surface area (Å²) in [7, 11) is -4.28. The first kappa shape index (κ1) is 34.0. The zero-order valence-electron chi connectivity index (χ0n) is 25.3. The zero-order valence-corrected chi connectivity index (χ0v) is 27.7. The number of aryl methyl sites for hydroxylation is 1. The predicted molar refractivity (Wildman–Crippen MR) is 181 cm³/mol. The molecule has 0 spiro atoms. The maximum absolute atomic E-state index is 14.5. The maximum Gasteiger partial charge on any atom is 0.264 e. The molecule has 1 atom stereocenters. The van der Waals surface area contributed by atoms with Gasteiger partial charge in [0.25, 0.3) is 10.0 Å². The standard InChI is InChI=1S/C35H37Cl2N3O4S/c1-3-4-20-38-35(42)33(22-27-13-7-5-8-14-27)39(24-28-15-11-12-26(2)21-28)34(41)25-40(32-23-29(36)18-19-31(32)37)45(43,44)30-16-9-6-10-17-30/h5-19,21,23,33H,3-4,20,22,24-25H2,1-2H3,(H,38,42)/t33-/m0/s1. The molecule has 0 heterocycles. The minimum Gasteiger partial charge on any atom is -0.354 e. The Morgan fingerprint density at radius 3 is 2.18 bits per heavy atom. The molecule has 2 amide bonds. The minimum atomic E-state index is -4.28. The summed E-state index contributed by atoms with van der Waals surface area (Å²) in [6, 6.07) is 28.5. The average Bonchev–Trinajstić information content (AvgIpc) is 3.03. The number of sulfonamides is 1. The summed E-state index contributed by atoms with van der Waals surface area (Å²) in [4.78, 5) is 29.8. The number of hydrogen-bond donors (Lipinski definition) is 1. The maximum atomic E-state index is 14.5. The van der Waals surface area contributed by atoms with Crippen LogP contribution in [0.5, 0.6) is 0 Å². The van der Waals surface area contributed by atoms with Gasteiger partial charge in [-0.15, -0.1) is 0 Å². The number of benzene rings is 4. The molecule has 0 radical (unpaired) electrons. The fraction of sp³-hybridized carbons (Fsp3) is 0.257. The van der Waals surface area contributed by atoms with Gasteiger partial charge < -0.3 is 10.2 Å². The molecule has 0 aromatic heterocycles. The Kier molecular flexibility index (Phi) is 12.0. The number of nitrogens with zero attached hydrogens (tertiary/aromatic N) is 2. The topological polar surface area (TPSA) is 86.8 Å². The molecule has 4 aromatic rings. The van der Waals surface area contributed by atoms with Gasteiger partial charge in [0, 0.05) is 24.5 Å². The van der Waals surface area contributed by atoms with Crippen molar-refractivity contribution in [3.8, 4) is 0 Å². The van der Waals surface area contributed by atoms with Crippen LogP contribution in [0.2, 0.25) is 10.0 Å². The molecule has 236 valence electrons. The number of carbonyl (C=O) groups is 2. The summed E-state index contributed by atoms with van der Waals surface area (Å²) in [6.07, 6.45) is 1.91. The summed E-state index contributed by atoms with van der Waals surface area (Å²) >= 11 is 12.8. The molecule has 1 N–H and O–H groups in total. The lowest BCUT2D eigenvalue weighted by Gasteiger charge is -2.34. The van der Waals surface area contributed by atoms with E-state index in [0.717, 1.165) is 33.8 Å². The number of hydrogen-bond acceptors (Lipinski definition) is 4. The quantitative estimate of drug-likeness (QED) is 0.146. The molecule has 4 rings (SSSR count). The van der Waals surface area contributed by atoms with Gasteiger partial charge in [-0.3, -0.25) is 13.9 Å². The van der Waals surface area contributed by atoms with E-state index in [0.29, 0.717) is 6.54 Å². The second-order valence-corrected chi connectivity index (χ2v) is 13.5. The smallest absolute Gasteiger partial charge is 0.264 e. The summed E-state index contributed by atoms with van der Waals surface area (Å²) in [5.41, 5.74) is 2.72. The van der Waals surface area contributed by atoms with Crippen LogP contribution >= 0.6 is 23.2 Å². The van der Waals surface area contributed by atoms with E-state index in [9.17, 15) is 18.0 Å². The molecular formula is C35H37Cl2N3O4S. The average molecular weight is 667 g/mol. The van der Waals surface area contributed by atoms with Crippen LogP contribution in [-0.4, -0.2) is 44.3 Å². The second kappa shape index (κ2) is 15.9. The summed E-state index contributed by atoms with van der Waals surface area (Å²) in [6.45, 7) is 3.91. The SMILES string of the molecule is CCCCNC(=O)[C@H](Cc1ccccc1)N(Cc1cccc(C)c1)C(=O)CN(c1cc(Cl)ccc1Cl)S(=O)(=O)c1ccccc1. The van der Waals surface area contributed by atoms with Gasteiger partial charge in [-0.1, -0.05) is 115 Å². The van der Waals surface area contributed by atoms with Crippen molar-refractivity contribution < 1.29 is 18.0 Å². The monoisotopic (exact) mass is 665 g/mol.